The fourth-order valence-corrected chi connectivity index (χ4v) is 1.66. The Labute approximate surface area is 105 Å². The van der Waals surface area contributed by atoms with Crippen molar-refractivity contribution in [2.45, 2.75) is 6.54 Å². The van der Waals surface area contributed by atoms with Crippen LogP contribution in [0.2, 0.25) is 0 Å². The fourth-order valence-electron chi connectivity index (χ4n) is 1.66. The summed E-state index contributed by atoms with van der Waals surface area (Å²) in [6, 6.07) is 10.1. The second-order valence-electron chi connectivity index (χ2n) is 4.09. The number of hydrogen-bond acceptors (Lipinski definition) is 5. The second-order valence-corrected chi connectivity index (χ2v) is 4.09. The minimum absolute atomic E-state index is 0.145. The van der Waals surface area contributed by atoms with E-state index in [1.165, 1.54) is 0 Å². The number of phenols is 1. The van der Waals surface area contributed by atoms with Gasteiger partial charge in [-0.15, -0.1) is 0 Å². The summed E-state index contributed by atoms with van der Waals surface area (Å²) in [5.74, 6) is 0.145. The zero-order valence-electron chi connectivity index (χ0n) is 9.85. The van der Waals surface area contributed by atoms with Crippen LogP contribution < -0.4 is 22.5 Å². The van der Waals surface area contributed by atoms with Crippen molar-refractivity contribution in [3.05, 3.63) is 42.0 Å². The molecule has 0 fully saturated rings. The van der Waals surface area contributed by atoms with E-state index in [0.29, 0.717) is 29.3 Å². The third-order valence-corrected chi connectivity index (χ3v) is 2.66. The topological polar surface area (TPSA) is 110 Å². The molecule has 0 radical (unpaired) electrons. The van der Waals surface area contributed by atoms with Crippen LogP contribution in [0.4, 0.5) is 22.7 Å². The maximum absolute atomic E-state index is 9.66. The van der Waals surface area contributed by atoms with Gasteiger partial charge in [0.15, 0.2) is 0 Å². The molecule has 0 saturated heterocycles. The molecule has 0 unspecified atom stereocenters. The van der Waals surface area contributed by atoms with Gasteiger partial charge in [-0.2, -0.15) is 0 Å². The van der Waals surface area contributed by atoms with Crippen LogP contribution in [0.1, 0.15) is 5.56 Å². The van der Waals surface area contributed by atoms with Crippen LogP contribution in [0.15, 0.2) is 36.4 Å². The first kappa shape index (κ1) is 11.9. The molecule has 0 spiro atoms. The fraction of sp³-hybridized carbons (Fsp3) is 0.0769. The molecule has 0 saturated carbocycles. The molecule has 5 heteroatoms. The quantitative estimate of drug-likeness (QED) is 0.321. The number of phenolic OH excluding ortho intramolecular Hbond substituents is 1. The molecule has 0 amide bonds. The summed E-state index contributed by atoms with van der Waals surface area (Å²) >= 11 is 0. The lowest BCUT2D eigenvalue weighted by Crippen LogP contribution is -2.04. The highest BCUT2D eigenvalue weighted by atomic mass is 16.3. The highest BCUT2D eigenvalue weighted by molar-refractivity contribution is 5.64. The first-order valence-electron chi connectivity index (χ1n) is 5.52. The smallest absolute Gasteiger partial charge is 0.138 e. The summed E-state index contributed by atoms with van der Waals surface area (Å²) in [6.07, 6.45) is 0. The van der Waals surface area contributed by atoms with Crippen LogP contribution in [0.3, 0.4) is 0 Å². The van der Waals surface area contributed by atoms with E-state index in [2.05, 4.69) is 5.32 Å². The number of rotatable bonds is 3. The van der Waals surface area contributed by atoms with Crippen LogP contribution in [0.25, 0.3) is 0 Å². The van der Waals surface area contributed by atoms with Crippen molar-refractivity contribution in [1.29, 1.82) is 0 Å². The van der Waals surface area contributed by atoms with Crippen molar-refractivity contribution in [2.75, 3.05) is 22.5 Å². The van der Waals surface area contributed by atoms with Gasteiger partial charge >= 0.3 is 0 Å². The molecule has 0 atom stereocenters. The number of hydrogen-bond donors (Lipinski definition) is 5. The SMILES string of the molecule is Nc1ccc(N)c(CNc2cc(N)ccc2O)c1. The van der Waals surface area contributed by atoms with E-state index < -0.39 is 0 Å². The average Bonchev–Trinajstić information content (AvgIpc) is 2.34. The Hall–Kier alpha value is -2.56. The van der Waals surface area contributed by atoms with Gasteiger partial charge in [-0.1, -0.05) is 0 Å². The van der Waals surface area contributed by atoms with Gasteiger partial charge in [-0.05, 0) is 42.0 Å². The minimum atomic E-state index is 0.145. The van der Waals surface area contributed by atoms with Crippen molar-refractivity contribution in [3.63, 3.8) is 0 Å². The van der Waals surface area contributed by atoms with E-state index >= 15 is 0 Å². The maximum Gasteiger partial charge on any atom is 0.138 e. The zero-order chi connectivity index (χ0) is 13.1. The lowest BCUT2D eigenvalue weighted by Gasteiger charge is -2.11. The summed E-state index contributed by atoms with van der Waals surface area (Å²) in [5, 5.41) is 12.7. The number of nitrogen functional groups attached to an aromatic ring is 3. The lowest BCUT2D eigenvalue weighted by molar-refractivity contribution is 0.477. The largest absolute Gasteiger partial charge is 0.506 e. The first-order valence-corrected chi connectivity index (χ1v) is 5.52. The maximum atomic E-state index is 9.66. The molecule has 8 N–H and O–H groups in total. The van der Waals surface area contributed by atoms with Crippen LogP contribution in [-0.4, -0.2) is 5.11 Å². The summed E-state index contributed by atoms with van der Waals surface area (Å²) < 4.78 is 0. The predicted molar refractivity (Wildman–Crippen MR) is 75.1 cm³/mol. The Balaban J connectivity index is 2.16. The zero-order valence-corrected chi connectivity index (χ0v) is 9.85. The normalized spacial score (nSPS) is 10.2. The third kappa shape index (κ3) is 2.57. The molecule has 0 aliphatic rings. The van der Waals surface area contributed by atoms with Gasteiger partial charge in [0.25, 0.3) is 0 Å². The molecular weight excluding hydrogens is 228 g/mol. The van der Waals surface area contributed by atoms with E-state index in [9.17, 15) is 5.11 Å². The molecule has 2 aromatic rings. The number of nitrogens with two attached hydrogens (primary N) is 3. The Morgan fingerprint density at radius 2 is 1.61 bits per heavy atom. The van der Waals surface area contributed by atoms with Crippen LogP contribution in [0, 0.1) is 0 Å². The van der Waals surface area contributed by atoms with Crippen molar-refractivity contribution >= 4 is 22.7 Å². The molecule has 2 rings (SSSR count). The van der Waals surface area contributed by atoms with Crippen molar-refractivity contribution in [3.8, 4) is 5.75 Å². The van der Waals surface area contributed by atoms with Crippen LogP contribution in [0.5, 0.6) is 5.75 Å². The standard InChI is InChI=1S/C13H16N4O/c14-9-1-3-11(16)8(5-9)7-17-12-6-10(15)2-4-13(12)18/h1-6,17-18H,7,14-16H2. The van der Waals surface area contributed by atoms with E-state index in [-0.39, 0.29) is 5.75 Å². The van der Waals surface area contributed by atoms with Gasteiger partial charge in [0.2, 0.25) is 0 Å². The molecule has 0 aliphatic heterocycles. The highest BCUT2D eigenvalue weighted by Gasteiger charge is 2.03. The van der Waals surface area contributed by atoms with Gasteiger partial charge in [0, 0.05) is 23.6 Å². The molecule has 0 heterocycles. The molecular formula is C13H16N4O. The van der Waals surface area contributed by atoms with Gasteiger partial charge in [0.05, 0.1) is 5.69 Å². The van der Waals surface area contributed by atoms with E-state index in [0.717, 1.165) is 5.56 Å². The van der Waals surface area contributed by atoms with E-state index in [1.54, 1.807) is 36.4 Å². The van der Waals surface area contributed by atoms with Gasteiger partial charge < -0.3 is 27.6 Å². The summed E-state index contributed by atoms with van der Waals surface area (Å²) in [6.45, 7) is 0.466. The minimum Gasteiger partial charge on any atom is -0.506 e. The number of anilines is 4. The predicted octanol–water partition coefficient (Wildman–Crippen LogP) is 1.75. The Kier molecular flexibility index (Phi) is 3.14. The van der Waals surface area contributed by atoms with E-state index in [4.69, 9.17) is 17.2 Å². The Bertz CT molecular complexity index is 517. The van der Waals surface area contributed by atoms with Crippen LogP contribution in [-0.2, 0) is 6.54 Å². The van der Waals surface area contributed by atoms with Gasteiger partial charge in [0.1, 0.15) is 5.75 Å². The van der Waals surface area contributed by atoms with Gasteiger partial charge in [-0.25, -0.2) is 0 Å². The van der Waals surface area contributed by atoms with Crippen molar-refractivity contribution in [1.82, 2.24) is 0 Å². The van der Waals surface area contributed by atoms with Crippen molar-refractivity contribution < 1.29 is 5.11 Å². The van der Waals surface area contributed by atoms with Crippen LogP contribution >= 0.6 is 0 Å². The molecule has 0 bridgehead atoms. The number of benzene rings is 2. The first-order chi connectivity index (χ1) is 8.56. The molecule has 5 nitrogen and oxygen atoms in total. The van der Waals surface area contributed by atoms with E-state index in [1.807, 2.05) is 0 Å². The second kappa shape index (κ2) is 4.75. The third-order valence-electron chi connectivity index (χ3n) is 2.66. The van der Waals surface area contributed by atoms with Gasteiger partial charge in [-0.3, -0.25) is 0 Å². The van der Waals surface area contributed by atoms with Crippen molar-refractivity contribution in [2.24, 2.45) is 0 Å². The average molecular weight is 244 g/mol. The number of nitrogens with one attached hydrogen (secondary N) is 1. The molecule has 0 aromatic heterocycles. The molecule has 18 heavy (non-hydrogen) atoms. The molecule has 0 aliphatic carbocycles. The molecule has 2 aromatic carbocycles. The summed E-state index contributed by atoms with van der Waals surface area (Å²) in [4.78, 5) is 0. The summed E-state index contributed by atoms with van der Waals surface area (Å²) in [7, 11) is 0. The lowest BCUT2D eigenvalue weighted by atomic mass is 10.1. The number of aromatic hydroxyl groups is 1. The highest BCUT2D eigenvalue weighted by Crippen LogP contribution is 2.26. The molecule has 94 valence electrons. The Morgan fingerprint density at radius 3 is 2.39 bits per heavy atom. The monoisotopic (exact) mass is 244 g/mol. The summed E-state index contributed by atoms with van der Waals surface area (Å²) in [5.41, 5.74) is 20.5. The Morgan fingerprint density at radius 1 is 0.944 bits per heavy atom.